The van der Waals surface area contributed by atoms with Crippen LogP contribution in [0.2, 0.25) is 0 Å². The van der Waals surface area contributed by atoms with Gasteiger partial charge in [-0.1, -0.05) is 12.2 Å². The highest BCUT2D eigenvalue weighted by Crippen LogP contribution is 2.31. The van der Waals surface area contributed by atoms with E-state index in [0.717, 1.165) is 73.2 Å². The highest BCUT2D eigenvalue weighted by atomic mass is 32.1. The fraction of sp³-hybridized carbons (Fsp3) is 0.480. The molecule has 1 fully saturated rings. The van der Waals surface area contributed by atoms with E-state index in [1.807, 2.05) is 31.4 Å². The normalized spacial score (nSPS) is 14.3. The topological polar surface area (TPSA) is 85.2 Å². The first kappa shape index (κ1) is 25.4. The van der Waals surface area contributed by atoms with E-state index in [0.29, 0.717) is 23.1 Å². The van der Waals surface area contributed by atoms with Gasteiger partial charge < -0.3 is 15.0 Å². The summed E-state index contributed by atoms with van der Waals surface area (Å²) < 4.78 is 6.86. The molecule has 0 saturated carbocycles. The van der Waals surface area contributed by atoms with Crippen molar-refractivity contribution >= 4 is 40.1 Å². The number of rotatable bonds is 9. The highest BCUT2D eigenvalue weighted by Gasteiger charge is 2.25. The molecule has 4 heterocycles. The molecular weight excluding hydrogens is 480 g/mol. The van der Waals surface area contributed by atoms with Crippen molar-refractivity contribution < 1.29 is 9.53 Å². The summed E-state index contributed by atoms with van der Waals surface area (Å²) in [5.74, 6) is 0.711. The largest absolute Gasteiger partial charge is 0.385 e. The summed E-state index contributed by atoms with van der Waals surface area (Å²) in [6, 6.07) is 5.61. The van der Waals surface area contributed by atoms with Crippen molar-refractivity contribution in [2.45, 2.75) is 51.9 Å². The van der Waals surface area contributed by atoms with Gasteiger partial charge in [0.1, 0.15) is 5.69 Å². The SMILES string of the molecule is COCCCCC(=S)N1CCC(c2nc(C(=O)Nc3cccnc3-n3nc(C)cc3C)cs2)CC1. The third kappa shape index (κ3) is 6.31. The van der Waals surface area contributed by atoms with Gasteiger partial charge >= 0.3 is 0 Å². The zero-order valence-electron chi connectivity index (χ0n) is 20.5. The Bertz CT molecular complexity index is 1170. The van der Waals surface area contributed by atoms with Crippen molar-refractivity contribution in [1.82, 2.24) is 24.6 Å². The number of thiocarbonyl (C=S) groups is 1. The molecule has 0 unspecified atom stereocenters. The predicted molar refractivity (Wildman–Crippen MR) is 143 cm³/mol. The Morgan fingerprint density at radius 2 is 2.09 bits per heavy atom. The van der Waals surface area contributed by atoms with Gasteiger partial charge in [-0.3, -0.25) is 4.79 Å². The van der Waals surface area contributed by atoms with Crippen LogP contribution in [0.25, 0.3) is 5.82 Å². The molecule has 186 valence electrons. The lowest BCUT2D eigenvalue weighted by molar-refractivity contribution is 0.102. The minimum absolute atomic E-state index is 0.238. The summed E-state index contributed by atoms with van der Waals surface area (Å²) in [5.41, 5.74) is 2.88. The van der Waals surface area contributed by atoms with E-state index in [-0.39, 0.29) is 5.91 Å². The quantitative estimate of drug-likeness (QED) is 0.322. The average molecular weight is 513 g/mol. The minimum atomic E-state index is -0.238. The number of ether oxygens (including phenoxy) is 1. The van der Waals surface area contributed by atoms with Crippen LogP contribution >= 0.6 is 23.6 Å². The predicted octanol–water partition coefficient (Wildman–Crippen LogP) is 4.92. The molecule has 0 bridgehead atoms. The van der Waals surface area contributed by atoms with Gasteiger partial charge in [0.15, 0.2) is 5.82 Å². The standard InChI is InChI=1S/C25H32N6O2S2/c1-17-15-18(2)31(29-17)23-20(7-6-11-26-23)27-24(32)21-16-35-25(28-21)19-9-12-30(13-10-19)22(34)8-4-5-14-33-3/h6-7,11,15-16,19H,4-5,8-10,12-14H2,1-3H3,(H,27,32). The van der Waals surface area contributed by atoms with E-state index in [2.05, 4.69) is 20.3 Å². The number of carbonyl (C=O) groups excluding carboxylic acids is 1. The smallest absolute Gasteiger partial charge is 0.275 e. The third-order valence-corrected chi connectivity index (χ3v) is 7.66. The maximum absolute atomic E-state index is 13.0. The number of anilines is 1. The van der Waals surface area contributed by atoms with Gasteiger partial charge in [0.2, 0.25) is 0 Å². The molecule has 0 aromatic carbocycles. The molecule has 0 aliphatic carbocycles. The van der Waals surface area contributed by atoms with Gasteiger partial charge in [-0.2, -0.15) is 5.10 Å². The number of likely N-dealkylation sites (tertiary alicyclic amines) is 1. The highest BCUT2D eigenvalue weighted by molar-refractivity contribution is 7.80. The second-order valence-electron chi connectivity index (χ2n) is 8.84. The summed E-state index contributed by atoms with van der Waals surface area (Å²) in [5, 5.41) is 10.3. The molecule has 8 nitrogen and oxygen atoms in total. The molecule has 10 heteroatoms. The Labute approximate surface area is 215 Å². The first-order chi connectivity index (χ1) is 17.0. The molecule has 0 radical (unpaired) electrons. The van der Waals surface area contributed by atoms with Gasteiger partial charge in [-0.25, -0.2) is 14.6 Å². The van der Waals surface area contributed by atoms with Crippen LogP contribution in [0.15, 0.2) is 29.8 Å². The zero-order valence-corrected chi connectivity index (χ0v) is 22.1. The minimum Gasteiger partial charge on any atom is -0.385 e. The molecule has 0 spiro atoms. The molecule has 4 rings (SSSR count). The van der Waals surface area contributed by atoms with Crippen molar-refractivity contribution in [2.75, 3.05) is 32.1 Å². The van der Waals surface area contributed by atoms with E-state index in [4.69, 9.17) is 21.9 Å². The van der Waals surface area contributed by atoms with E-state index >= 15 is 0 Å². The maximum Gasteiger partial charge on any atom is 0.275 e. The fourth-order valence-electron chi connectivity index (χ4n) is 4.33. The number of amides is 1. The van der Waals surface area contributed by atoms with Crippen LogP contribution in [-0.4, -0.2) is 62.4 Å². The Balaban J connectivity index is 1.35. The molecule has 35 heavy (non-hydrogen) atoms. The Hall–Kier alpha value is -2.69. The first-order valence-corrected chi connectivity index (χ1v) is 13.3. The van der Waals surface area contributed by atoms with Crippen LogP contribution in [0.5, 0.6) is 0 Å². The van der Waals surface area contributed by atoms with E-state index in [9.17, 15) is 4.79 Å². The van der Waals surface area contributed by atoms with Crippen molar-refractivity contribution in [3.63, 3.8) is 0 Å². The van der Waals surface area contributed by atoms with Crippen LogP contribution in [0.3, 0.4) is 0 Å². The summed E-state index contributed by atoms with van der Waals surface area (Å²) in [7, 11) is 1.73. The lowest BCUT2D eigenvalue weighted by Gasteiger charge is -2.33. The van der Waals surface area contributed by atoms with Crippen molar-refractivity contribution in [3.05, 3.63) is 51.9 Å². The van der Waals surface area contributed by atoms with Gasteiger partial charge in [0, 0.05) is 50.0 Å². The second kappa shape index (κ2) is 11.8. The number of pyridine rings is 1. The van der Waals surface area contributed by atoms with E-state index < -0.39 is 0 Å². The molecule has 1 saturated heterocycles. The first-order valence-electron chi connectivity index (χ1n) is 12.0. The molecule has 1 amide bonds. The number of unbranched alkanes of at least 4 members (excludes halogenated alkanes) is 1. The van der Waals surface area contributed by atoms with Crippen LogP contribution in [0, 0.1) is 13.8 Å². The molecule has 1 N–H and O–H groups in total. The number of methoxy groups -OCH3 is 1. The number of nitrogens with zero attached hydrogens (tertiary/aromatic N) is 5. The number of piperidine rings is 1. The van der Waals surface area contributed by atoms with Crippen LogP contribution in [0.1, 0.15) is 64.9 Å². The third-order valence-electron chi connectivity index (χ3n) is 6.19. The molecule has 1 aliphatic heterocycles. The number of carbonyl (C=O) groups is 1. The van der Waals surface area contributed by atoms with Gasteiger partial charge in [-0.15, -0.1) is 11.3 Å². The van der Waals surface area contributed by atoms with Crippen LogP contribution < -0.4 is 5.32 Å². The van der Waals surface area contributed by atoms with Crippen LogP contribution in [0.4, 0.5) is 5.69 Å². The lowest BCUT2D eigenvalue weighted by atomic mass is 9.97. The molecular formula is C25H32N6O2S2. The monoisotopic (exact) mass is 512 g/mol. The number of aryl methyl sites for hydroxylation is 2. The van der Waals surface area contributed by atoms with Gasteiger partial charge in [0.25, 0.3) is 5.91 Å². The number of aromatic nitrogens is 4. The Morgan fingerprint density at radius 1 is 1.29 bits per heavy atom. The number of nitrogens with one attached hydrogen (secondary N) is 1. The molecule has 3 aromatic heterocycles. The van der Waals surface area contributed by atoms with Crippen molar-refractivity contribution in [2.24, 2.45) is 0 Å². The summed E-state index contributed by atoms with van der Waals surface area (Å²) in [6.07, 6.45) is 6.74. The molecule has 0 atom stereocenters. The van der Waals surface area contributed by atoms with Crippen LogP contribution in [-0.2, 0) is 4.74 Å². The van der Waals surface area contributed by atoms with E-state index in [1.54, 1.807) is 35.4 Å². The lowest BCUT2D eigenvalue weighted by Crippen LogP contribution is -2.36. The Kier molecular flexibility index (Phi) is 8.59. The van der Waals surface area contributed by atoms with Crippen molar-refractivity contribution in [1.29, 1.82) is 0 Å². The number of hydrogen-bond donors (Lipinski definition) is 1. The summed E-state index contributed by atoms with van der Waals surface area (Å²) in [6.45, 7) is 6.57. The van der Waals surface area contributed by atoms with Crippen molar-refractivity contribution in [3.8, 4) is 5.82 Å². The second-order valence-corrected chi connectivity index (χ2v) is 10.2. The average Bonchev–Trinajstić information content (AvgIpc) is 3.48. The molecule has 1 aliphatic rings. The zero-order chi connectivity index (χ0) is 24.8. The van der Waals surface area contributed by atoms with Gasteiger partial charge in [-0.05, 0) is 64.2 Å². The van der Waals surface area contributed by atoms with Gasteiger partial charge in [0.05, 0.1) is 21.4 Å². The van der Waals surface area contributed by atoms with E-state index in [1.165, 1.54) is 0 Å². The maximum atomic E-state index is 13.0. The number of hydrogen-bond acceptors (Lipinski definition) is 7. The number of thiazole rings is 1. The Morgan fingerprint density at radius 3 is 2.80 bits per heavy atom. The summed E-state index contributed by atoms with van der Waals surface area (Å²) >= 11 is 7.20. The molecule has 3 aromatic rings. The summed E-state index contributed by atoms with van der Waals surface area (Å²) in [4.78, 5) is 25.5. The fourth-order valence-corrected chi connectivity index (χ4v) is 5.63.